The van der Waals surface area contributed by atoms with Gasteiger partial charge in [-0.1, -0.05) is 11.6 Å². The molecule has 0 aliphatic carbocycles. The average molecular weight is 236 g/mol. The molecule has 0 bridgehead atoms. The van der Waals surface area contributed by atoms with E-state index in [9.17, 15) is 4.79 Å². The van der Waals surface area contributed by atoms with Crippen LogP contribution in [0.5, 0.6) is 5.75 Å². The van der Waals surface area contributed by atoms with Gasteiger partial charge < -0.3 is 15.0 Å². The van der Waals surface area contributed by atoms with Gasteiger partial charge in [-0.05, 0) is 33.2 Å². The van der Waals surface area contributed by atoms with Crippen LogP contribution in [0.4, 0.5) is 0 Å². The molecule has 4 nitrogen and oxygen atoms in total. The molecule has 94 valence electrons. The molecule has 0 aliphatic heterocycles. The Morgan fingerprint density at radius 3 is 2.71 bits per heavy atom. The van der Waals surface area contributed by atoms with Crippen molar-refractivity contribution in [2.24, 2.45) is 0 Å². The summed E-state index contributed by atoms with van der Waals surface area (Å²) in [5.41, 5.74) is 1.63. The van der Waals surface area contributed by atoms with E-state index >= 15 is 0 Å². The number of carbonyl (C=O) groups excluding carboxylic acids is 1. The highest BCUT2D eigenvalue weighted by atomic mass is 16.5. The van der Waals surface area contributed by atoms with Gasteiger partial charge in [-0.15, -0.1) is 0 Å². The van der Waals surface area contributed by atoms with Crippen LogP contribution < -0.4 is 10.1 Å². The lowest BCUT2D eigenvalue weighted by Crippen LogP contribution is -2.31. The second kappa shape index (κ2) is 6.25. The van der Waals surface area contributed by atoms with Crippen LogP contribution in [0.15, 0.2) is 18.2 Å². The minimum atomic E-state index is -0.0904. The third kappa shape index (κ3) is 4.07. The maximum atomic E-state index is 11.9. The standard InChI is InChI=1S/C13H20N2O2/c1-10-5-6-12(17-4)11(9-10)13(16)14-7-8-15(2)3/h5-6,9H,7-8H2,1-4H3,(H,14,16). The molecule has 0 saturated heterocycles. The maximum absolute atomic E-state index is 11.9. The molecule has 0 aromatic heterocycles. The number of methoxy groups -OCH3 is 1. The Morgan fingerprint density at radius 1 is 1.41 bits per heavy atom. The van der Waals surface area contributed by atoms with Gasteiger partial charge in [0.05, 0.1) is 12.7 Å². The molecule has 0 fully saturated rings. The van der Waals surface area contributed by atoms with E-state index in [4.69, 9.17) is 4.74 Å². The van der Waals surface area contributed by atoms with Crippen molar-refractivity contribution in [2.45, 2.75) is 6.92 Å². The normalized spacial score (nSPS) is 10.4. The Morgan fingerprint density at radius 2 is 2.12 bits per heavy atom. The summed E-state index contributed by atoms with van der Waals surface area (Å²) in [6, 6.07) is 5.58. The summed E-state index contributed by atoms with van der Waals surface area (Å²) in [6.45, 7) is 3.40. The van der Waals surface area contributed by atoms with Crippen molar-refractivity contribution in [1.82, 2.24) is 10.2 Å². The first kappa shape index (κ1) is 13.5. The number of rotatable bonds is 5. The molecular formula is C13H20N2O2. The van der Waals surface area contributed by atoms with E-state index < -0.39 is 0 Å². The SMILES string of the molecule is COc1ccc(C)cc1C(=O)NCCN(C)C. The third-order valence-electron chi connectivity index (χ3n) is 2.44. The molecule has 17 heavy (non-hydrogen) atoms. The zero-order valence-corrected chi connectivity index (χ0v) is 10.9. The Bertz CT molecular complexity index is 389. The first-order valence-corrected chi connectivity index (χ1v) is 5.62. The van der Waals surface area contributed by atoms with Crippen LogP contribution in [0, 0.1) is 6.92 Å². The van der Waals surface area contributed by atoms with Gasteiger partial charge in [-0.25, -0.2) is 0 Å². The lowest BCUT2D eigenvalue weighted by atomic mass is 10.1. The Balaban J connectivity index is 2.70. The van der Waals surface area contributed by atoms with Crippen molar-refractivity contribution < 1.29 is 9.53 Å². The van der Waals surface area contributed by atoms with E-state index in [1.807, 2.05) is 44.1 Å². The van der Waals surface area contributed by atoms with Crippen molar-refractivity contribution in [2.75, 3.05) is 34.3 Å². The quantitative estimate of drug-likeness (QED) is 0.837. The fourth-order valence-electron chi connectivity index (χ4n) is 1.49. The summed E-state index contributed by atoms with van der Waals surface area (Å²) in [7, 11) is 5.51. The molecule has 0 spiro atoms. The smallest absolute Gasteiger partial charge is 0.255 e. The molecule has 0 atom stereocenters. The van der Waals surface area contributed by atoms with Crippen LogP contribution in [-0.2, 0) is 0 Å². The fourth-order valence-corrected chi connectivity index (χ4v) is 1.49. The highest BCUT2D eigenvalue weighted by molar-refractivity contribution is 5.97. The van der Waals surface area contributed by atoms with Gasteiger partial charge in [0.1, 0.15) is 5.75 Å². The van der Waals surface area contributed by atoms with Crippen molar-refractivity contribution in [1.29, 1.82) is 0 Å². The van der Waals surface area contributed by atoms with Gasteiger partial charge >= 0.3 is 0 Å². The molecular weight excluding hydrogens is 216 g/mol. The minimum absolute atomic E-state index is 0.0904. The second-order valence-corrected chi connectivity index (χ2v) is 4.26. The van der Waals surface area contributed by atoms with Gasteiger partial charge in [0.25, 0.3) is 5.91 Å². The Hall–Kier alpha value is -1.55. The topological polar surface area (TPSA) is 41.6 Å². The molecule has 0 saturated carbocycles. The summed E-state index contributed by atoms with van der Waals surface area (Å²) in [5, 5.41) is 2.87. The van der Waals surface area contributed by atoms with Crippen LogP contribution in [0.2, 0.25) is 0 Å². The van der Waals surface area contributed by atoms with Crippen molar-refractivity contribution in [3.8, 4) is 5.75 Å². The van der Waals surface area contributed by atoms with Gasteiger partial charge in [0, 0.05) is 13.1 Å². The predicted molar refractivity (Wildman–Crippen MR) is 68.6 cm³/mol. The molecule has 0 aliphatic rings. The summed E-state index contributed by atoms with van der Waals surface area (Å²) < 4.78 is 5.18. The van der Waals surface area contributed by atoms with E-state index in [1.165, 1.54) is 0 Å². The Kier molecular flexibility index (Phi) is 4.97. The predicted octanol–water partition coefficient (Wildman–Crippen LogP) is 1.30. The zero-order valence-electron chi connectivity index (χ0n) is 10.9. The van der Waals surface area contributed by atoms with Crippen LogP contribution in [0.25, 0.3) is 0 Å². The van der Waals surface area contributed by atoms with Gasteiger partial charge in [0.15, 0.2) is 0 Å². The average Bonchev–Trinajstić information content (AvgIpc) is 2.28. The number of benzene rings is 1. The first-order valence-electron chi connectivity index (χ1n) is 5.62. The number of carbonyl (C=O) groups is 1. The number of amides is 1. The van der Waals surface area contributed by atoms with E-state index in [2.05, 4.69) is 5.32 Å². The number of ether oxygens (including phenoxy) is 1. The highest BCUT2D eigenvalue weighted by Gasteiger charge is 2.11. The molecule has 0 radical (unpaired) electrons. The molecule has 1 amide bonds. The summed E-state index contributed by atoms with van der Waals surface area (Å²) >= 11 is 0. The monoisotopic (exact) mass is 236 g/mol. The molecule has 1 N–H and O–H groups in total. The van der Waals surface area contributed by atoms with E-state index in [0.717, 1.165) is 12.1 Å². The molecule has 0 unspecified atom stereocenters. The molecule has 1 aromatic carbocycles. The zero-order chi connectivity index (χ0) is 12.8. The number of hydrogen-bond donors (Lipinski definition) is 1. The number of nitrogens with zero attached hydrogens (tertiary/aromatic N) is 1. The minimum Gasteiger partial charge on any atom is -0.496 e. The number of hydrogen-bond acceptors (Lipinski definition) is 3. The largest absolute Gasteiger partial charge is 0.496 e. The lowest BCUT2D eigenvalue weighted by molar-refractivity contribution is 0.0948. The van der Waals surface area contributed by atoms with E-state index in [-0.39, 0.29) is 5.91 Å². The van der Waals surface area contributed by atoms with Gasteiger partial charge in [-0.2, -0.15) is 0 Å². The van der Waals surface area contributed by atoms with Crippen molar-refractivity contribution in [3.05, 3.63) is 29.3 Å². The lowest BCUT2D eigenvalue weighted by Gasteiger charge is -2.12. The van der Waals surface area contributed by atoms with Gasteiger partial charge in [0.2, 0.25) is 0 Å². The third-order valence-corrected chi connectivity index (χ3v) is 2.44. The number of nitrogens with one attached hydrogen (secondary N) is 1. The summed E-state index contributed by atoms with van der Waals surface area (Å²) in [5.74, 6) is 0.519. The second-order valence-electron chi connectivity index (χ2n) is 4.26. The Labute approximate surface area is 103 Å². The van der Waals surface area contributed by atoms with Crippen LogP contribution >= 0.6 is 0 Å². The molecule has 4 heteroatoms. The highest BCUT2D eigenvalue weighted by Crippen LogP contribution is 2.19. The first-order chi connectivity index (χ1) is 8.04. The van der Waals surface area contributed by atoms with Crippen molar-refractivity contribution in [3.63, 3.8) is 0 Å². The van der Waals surface area contributed by atoms with Crippen LogP contribution in [-0.4, -0.2) is 45.1 Å². The summed E-state index contributed by atoms with van der Waals surface area (Å²) in [4.78, 5) is 14.0. The number of likely N-dealkylation sites (N-methyl/N-ethyl adjacent to an activating group) is 1. The van der Waals surface area contributed by atoms with Crippen LogP contribution in [0.1, 0.15) is 15.9 Å². The molecule has 1 rings (SSSR count). The maximum Gasteiger partial charge on any atom is 0.255 e. The van der Waals surface area contributed by atoms with Crippen LogP contribution in [0.3, 0.4) is 0 Å². The van der Waals surface area contributed by atoms with Crippen molar-refractivity contribution >= 4 is 5.91 Å². The summed E-state index contributed by atoms with van der Waals surface area (Å²) in [6.07, 6.45) is 0. The fraction of sp³-hybridized carbons (Fsp3) is 0.462. The molecule has 1 aromatic rings. The van der Waals surface area contributed by atoms with E-state index in [0.29, 0.717) is 17.9 Å². The van der Waals surface area contributed by atoms with E-state index in [1.54, 1.807) is 7.11 Å². The van der Waals surface area contributed by atoms with Gasteiger partial charge in [-0.3, -0.25) is 4.79 Å². The molecule has 0 heterocycles. The number of aryl methyl sites for hydroxylation is 1.